The van der Waals surface area contributed by atoms with E-state index < -0.39 is 28.3 Å². The molecule has 0 spiro atoms. The Morgan fingerprint density at radius 2 is 1.57 bits per heavy atom. The molecule has 0 atom stereocenters. The Kier molecular flexibility index (Phi) is 4.23. The molecule has 1 fully saturated rings. The number of hydrogen-bond donors (Lipinski definition) is 0. The summed E-state index contributed by atoms with van der Waals surface area (Å²) in [5.74, 6) is 0. The summed E-state index contributed by atoms with van der Waals surface area (Å²) in [4.78, 5) is 4.61. The average Bonchev–Trinajstić information content (AvgIpc) is 3.14. The minimum atomic E-state index is -3.75. The van der Waals surface area contributed by atoms with Crippen molar-refractivity contribution < 1.29 is 17.7 Å². The fourth-order valence-electron chi connectivity index (χ4n) is 3.22. The minimum Gasteiger partial charge on any atom is -0.399 e. The Morgan fingerprint density at radius 3 is 2.18 bits per heavy atom. The fourth-order valence-corrected chi connectivity index (χ4v) is 4.50. The summed E-state index contributed by atoms with van der Waals surface area (Å²) >= 11 is 0. The van der Waals surface area contributed by atoms with Gasteiger partial charge in [0.05, 0.1) is 27.1 Å². The van der Waals surface area contributed by atoms with Crippen LogP contribution >= 0.6 is 0 Å². The van der Waals surface area contributed by atoms with Crippen molar-refractivity contribution in [2.24, 2.45) is 0 Å². The second kappa shape index (κ2) is 6.17. The summed E-state index contributed by atoms with van der Waals surface area (Å²) in [6.07, 6.45) is 1.34. The molecule has 2 heterocycles. The van der Waals surface area contributed by atoms with Crippen LogP contribution in [0.3, 0.4) is 0 Å². The predicted molar refractivity (Wildman–Crippen MR) is 109 cm³/mol. The molecule has 0 N–H and O–H groups in total. The van der Waals surface area contributed by atoms with Gasteiger partial charge in [-0.1, -0.05) is 29.8 Å². The Hall–Kier alpha value is -2.16. The second-order valence-electron chi connectivity index (χ2n) is 8.16. The van der Waals surface area contributed by atoms with Gasteiger partial charge in [-0.15, -0.1) is 0 Å². The quantitative estimate of drug-likeness (QED) is 0.635. The third-order valence-electron chi connectivity index (χ3n) is 5.66. The SMILES string of the molecule is Cc1ccc(S(=O)(=O)n2cnc3c(B4OC(C)(C)C(C)(C)O4)cccc32)cc1. The standard InChI is InChI=1S/C20H23BN2O4S/c1-14-9-11-15(12-10-14)28(24,25)23-13-22-18-16(7-6-8-17(18)23)21-26-19(2,3)20(4,5)27-21/h6-13H,1-5H3. The summed E-state index contributed by atoms with van der Waals surface area (Å²) in [6, 6.07) is 12.2. The molecular formula is C20H23BN2O4S. The highest BCUT2D eigenvalue weighted by Crippen LogP contribution is 2.37. The summed E-state index contributed by atoms with van der Waals surface area (Å²) in [5, 5.41) is 0. The predicted octanol–water partition coefficient (Wildman–Crippen LogP) is 2.88. The zero-order valence-corrected chi connectivity index (χ0v) is 17.4. The summed E-state index contributed by atoms with van der Waals surface area (Å²) in [6.45, 7) is 9.84. The van der Waals surface area contributed by atoms with Crippen molar-refractivity contribution in [1.29, 1.82) is 0 Å². The molecule has 2 aromatic carbocycles. The van der Waals surface area contributed by atoms with Gasteiger partial charge in [-0.2, -0.15) is 0 Å². The maximum absolute atomic E-state index is 13.1. The Morgan fingerprint density at radius 1 is 0.964 bits per heavy atom. The van der Waals surface area contributed by atoms with Crippen LogP contribution in [0.5, 0.6) is 0 Å². The van der Waals surface area contributed by atoms with E-state index in [1.165, 1.54) is 10.3 Å². The van der Waals surface area contributed by atoms with Gasteiger partial charge < -0.3 is 9.31 Å². The van der Waals surface area contributed by atoms with Crippen LogP contribution in [0.2, 0.25) is 0 Å². The normalized spacial score (nSPS) is 18.7. The van der Waals surface area contributed by atoms with Crippen molar-refractivity contribution in [2.75, 3.05) is 0 Å². The van der Waals surface area contributed by atoms with Crippen LogP contribution in [0, 0.1) is 6.92 Å². The molecule has 6 nitrogen and oxygen atoms in total. The lowest BCUT2D eigenvalue weighted by atomic mass is 9.78. The molecule has 8 heteroatoms. The summed E-state index contributed by atoms with van der Waals surface area (Å²) < 4.78 is 39.7. The number of hydrogen-bond acceptors (Lipinski definition) is 5. The van der Waals surface area contributed by atoms with E-state index in [0.29, 0.717) is 16.5 Å². The first-order valence-electron chi connectivity index (χ1n) is 9.17. The molecule has 1 saturated heterocycles. The number of nitrogens with zero attached hydrogens (tertiary/aromatic N) is 2. The van der Waals surface area contributed by atoms with Gasteiger partial charge in [0.1, 0.15) is 6.33 Å². The molecular weight excluding hydrogens is 375 g/mol. The molecule has 0 aliphatic carbocycles. The Balaban J connectivity index is 1.81. The van der Waals surface area contributed by atoms with Crippen molar-refractivity contribution in [3.63, 3.8) is 0 Å². The molecule has 146 valence electrons. The highest BCUT2D eigenvalue weighted by atomic mass is 32.2. The van der Waals surface area contributed by atoms with Gasteiger partial charge in [-0.25, -0.2) is 17.4 Å². The number of rotatable bonds is 3. The maximum Gasteiger partial charge on any atom is 0.497 e. The van der Waals surface area contributed by atoms with E-state index in [-0.39, 0.29) is 4.90 Å². The minimum absolute atomic E-state index is 0.221. The van der Waals surface area contributed by atoms with Crippen molar-refractivity contribution in [3.05, 3.63) is 54.4 Å². The first kappa shape index (κ1) is 19.2. The van der Waals surface area contributed by atoms with Crippen LogP contribution in [0.1, 0.15) is 33.3 Å². The molecule has 0 bridgehead atoms. The van der Waals surface area contributed by atoms with Gasteiger partial charge in [-0.3, -0.25) is 0 Å². The third kappa shape index (κ3) is 2.87. The van der Waals surface area contributed by atoms with Crippen molar-refractivity contribution in [2.45, 2.75) is 50.7 Å². The van der Waals surface area contributed by atoms with Crippen LogP contribution < -0.4 is 5.46 Å². The lowest BCUT2D eigenvalue weighted by molar-refractivity contribution is 0.00578. The van der Waals surface area contributed by atoms with Gasteiger partial charge in [-0.05, 0) is 52.8 Å². The van der Waals surface area contributed by atoms with Crippen LogP contribution in [-0.2, 0) is 19.3 Å². The van der Waals surface area contributed by atoms with E-state index in [0.717, 1.165) is 5.56 Å². The van der Waals surface area contributed by atoms with Crippen LogP contribution in [0.4, 0.5) is 0 Å². The topological polar surface area (TPSA) is 70.4 Å². The molecule has 0 saturated carbocycles. The third-order valence-corrected chi connectivity index (χ3v) is 7.34. The fraction of sp³-hybridized carbons (Fsp3) is 0.350. The van der Waals surface area contributed by atoms with Gasteiger partial charge in [0.25, 0.3) is 10.0 Å². The average molecular weight is 398 g/mol. The Labute approximate surface area is 165 Å². The van der Waals surface area contributed by atoms with E-state index in [9.17, 15) is 8.42 Å². The summed E-state index contributed by atoms with van der Waals surface area (Å²) in [5.41, 5.74) is 1.78. The van der Waals surface area contributed by atoms with Gasteiger partial charge in [0.15, 0.2) is 0 Å². The number of fused-ring (bicyclic) bond motifs is 1. The highest BCUT2D eigenvalue weighted by Gasteiger charge is 2.52. The second-order valence-corrected chi connectivity index (χ2v) is 9.98. The number of imidazole rings is 1. The van der Waals surface area contributed by atoms with Crippen LogP contribution in [0.25, 0.3) is 11.0 Å². The zero-order chi connectivity index (χ0) is 20.3. The monoisotopic (exact) mass is 398 g/mol. The van der Waals surface area contributed by atoms with Crippen LogP contribution in [0.15, 0.2) is 53.7 Å². The molecule has 0 unspecified atom stereocenters. The largest absolute Gasteiger partial charge is 0.497 e. The van der Waals surface area contributed by atoms with E-state index in [1.807, 2.05) is 40.7 Å². The first-order chi connectivity index (χ1) is 13.0. The Bertz CT molecular complexity index is 1130. The molecule has 1 aliphatic heterocycles. The van der Waals surface area contributed by atoms with Gasteiger partial charge >= 0.3 is 7.12 Å². The number of aromatic nitrogens is 2. The number of benzene rings is 2. The van der Waals surface area contributed by atoms with Gasteiger partial charge in [0, 0.05) is 5.46 Å². The van der Waals surface area contributed by atoms with Crippen molar-refractivity contribution in [1.82, 2.24) is 8.96 Å². The zero-order valence-electron chi connectivity index (χ0n) is 16.6. The number of para-hydroxylation sites is 1. The molecule has 3 aromatic rings. The van der Waals surface area contributed by atoms with Crippen molar-refractivity contribution in [3.8, 4) is 0 Å². The molecule has 28 heavy (non-hydrogen) atoms. The smallest absolute Gasteiger partial charge is 0.399 e. The first-order valence-corrected chi connectivity index (χ1v) is 10.6. The highest BCUT2D eigenvalue weighted by molar-refractivity contribution is 7.90. The van der Waals surface area contributed by atoms with E-state index in [1.54, 1.807) is 36.4 Å². The van der Waals surface area contributed by atoms with E-state index >= 15 is 0 Å². The molecule has 4 rings (SSSR count). The summed E-state index contributed by atoms with van der Waals surface area (Å²) in [7, 11) is -4.36. The van der Waals surface area contributed by atoms with Crippen LogP contribution in [-0.4, -0.2) is 35.7 Å². The molecule has 1 aliphatic rings. The lowest BCUT2D eigenvalue weighted by Crippen LogP contribution is -2.41. The van der Waals surface area contributed by atoms with E-state index in [4.69, 9.17) is 9.31 Å². The molecule has 0 amide bonds. The molecule has 1 aromatic heterocycles. The van der Waals surface area contributed by atoms with Gasteiger partial charge in [0.2, 0.25) is 0 Å². The number of aryl methyl sites for hydroxylation is 1. The van der Waals surface area contributed by atoms with Crippen molar-refractivity contribution >= 4 is 33.6 Å². The molecule has 0 radical (unpaired) electrons. The lowest BCUT2D eigenvalue weighted by Gasteiger charge is -2.32. The van der Waals surface area contributed by atoms with E-state index in [2.05, 4.69) is 4.98 Å². The maximum atomic E-state index is 13.1.